The van der Waals surface area contributed by atoms with Gasteiger partial charge in [-0.1, -0.05) is 35.3 Å². The summed E-state index contributed by atoms with van der Waals surface area (Å²) in [6.45, 7) is -1.78. The lowest BCUT2D eigenvalue weighted by Crippen LogP contribution is -2.33. The van der Waals surface area contributed by atoms with Gasteiger partial charge in [0.1, 0.15) is 6.61 Å². The van der Waals surface area contributed by atoms with Crippen LogP contribution in [0.1, 0.15) is 11.6 Å². The molecule has 2 N–H and O–H groups in total. The van der Waals surface area contributed by atoms with Crippen LogP contribution in [-0.4, -0.2) is 25.6 Å². The molecule has 1 aromatic rings. The Kier molecular flexibility index (Phi) is 5.85. The van der Waals surface area contributed by atoms with E-state index in [2.05, 4.69) is 4.74 Å². The van der Waals surface area contributed by atoms with Crippen LogP contribution in [0.15, 0.2) is 18.2 Å². The van der Waals surface area contributed by atoms with Crippen LogP contribution in [0.25, 0.3) is 0 Å². The molecule has 1 aromatic carbocycles. The molecule has 0 aliphatic rings. The van der Waals surface area contributed by atoms with Crippen LogP contribution in [-0.2, 0) is 4.74 Å². The van der Waals surface area contributed by atoms with Crippen molar-refractivity contribution in [2.75, 3.05) is 13.2 Å². The Morgan fingerprint density at radius 1 is 1.26 bits per heavy atom. The number of hydrogen-bond donors (Lipinski definition) is 1. The van der Waals surface area contributed by atoms with Gasteiger partial charge in [0.25, 0.3) is 0 Å². The number of halogens is 6. The van der Waals surface area contributed by atoms with Crippen LogP contribution in [0, 0.1) is 0 Å². The van der Waals surface area contributed by atoms with Crippen molar-refractivity contribution < 1.29 is 22.3 Å². The fourth-order valence-electron chi connectivity index (χ4n) is 1.28. The first-order valence-corrected chi connectivity index (χ1v) is 5.94. The fourth-order valence-corrected chi connectivity index (χ4v) is 1.73. The van der Waals surface area contributed by atoms with E-state index in [1.165, 1.54) is 6.07 Å². The third-order valence-electron chi connectivity index (χ3n) is 2.29. The van der Waals surface area contributed by atoms with Gasteiger partial charge in [-0.15, -0.1) is 0 Å². The predicted molar refractivity (Wildman–Crippen MR) is 65.2 cm³/mol. The lowest BCUT2D eigenvalue weighted by Gasteiger charge is -2.18. The second kappa shape index (κ2) is 6.74. The molecule has 0 radical (unpaired) electrons. The minimum Gasteiger partial charge on any atom is -0.373 e. The van der Waals surface area contributed by atoms with Crippen molar-refractivity contribution in [1.29, 1.82) is 0 Å². The second-order valence-electron chi connectivity index (χ2n) is 3.83. The molecule has 0 saturated heterocycles. The molecule has 0 aromatic heterocycles. The van der Waals surface area contributed by atoms with Crippen LogP contribution in [0.3, 0.4) is 0 Å². The van der Waals surface area contributed by atoms with Gasteiger partial charge in [0.15, 0.2) is 0 Å². The molecule has 19 heavy (non-hydrogen) atoms. The van der Waals surface area contributed by atoms with Gasteiger partial charge in [0.05, 0.1) is 22.7 Å². The molecule has 1 atom stereocenters. The summed E-state index contributed by atoms with van der Waals surface area (Å²) in [6, 6.07) is 3.83. The van der Waals surface area contributed by atoms with Gasteiger partial charge in [0.2, 0.25) is 0 Å². The maximum absolute atomic E-state index is 12.6. The molecular weight excluding hydrogens is 309 g/mol. The highest BCUT2D eigenvalue weighted by Gasteiger charge is 2.41. The van der Waals surface area contributed by atoms with E-state index in [4.69, 9.17) is 28.9 Å². The summed E-state index contributed by atoms with van der Waals surface area (Å²) in [5.41, 5.74) is 6.07. The molecule has 1 unspecified atom stereocenters. The Bertz CT molecular complexity index is 431. The van der Waals surface area contributed by atoms with E-state index >= 15 is 0 Å². The first kappa shape index (κ1) is 16.5. The lowest BCUT2D eigenvalue weighted by atomic mass is 10.1. The topological polar surface area (TPSA) is 35.2 Å². The van der Waals surface area contributed by atoms with E-state index < -0.39 is 25.0 Å². The van der Waals surface area contributed by atoms with Gasteiger partial charge >= 0.3 is 12.3 Å². The van der Waals surface area contributed by atoms with Gasteiger partial charge in [-0.25, -0.2) is 8.78 Å². The lowest BCUT2D eigenvalue weighted by molar-refractivity contribution is -0.166. The van der Waals surface area contributed by atoms with Crippen molar-refractivity contribution in [3.8, 4) is 0 Å². The SMILES string of the molecule is NC(COCC(F)(F)C(F)F)c1cccc(Cl)c1Cl. The summed E-state index contributed by atoms with van der Waals surface area (Å²) in [6.07, 6.45) is -3.78. The molecule has 0 amide bonds. The van der Waals surface area contributed by atoms with E-state index in [1.807, 2.05) is 0 Å². The molecule has 0 saturated carbocycles. The summed E-state index contributed by atoms with van der Waals surface area (Å²) >= 11 is 11.6. The Hall–Kier alpha value is -0.560. The molecule has 8 heteroatoms. The van der Waals surface area contributed by atoms with Gasteiger partial charge in [-0.05, 0) is 11.6 Å². The van der Waals surface area contributed by atoms with Gasteiger partial charge in [0, 0.05) is 0 Å². The summed E-state index contributed by atoms with van der Waals surface area (Å²) in [7, 11) is 0. The van der Waals surface area contributed by atoms with Crippen molar-refractivity contribution in [2.24, 2.45) is 5.73 Å². The van der Waals surface area contributed by atoms with Gasteiger partial charge < -0.3 is 10.5 Å². The number of benzene rings is 1. The summed E-state index contributed by atoms with van der Waals surface area (Å²) in [5.74, 6) is -4.20. The van der Waals surface area contributed by atoms with E-state index in [-0.39, 0.29) is 16.7 Å². The molecular formula is C11H11Cl2F4NO. The Labute approximate surface area is 117 Å². The number of rotatable bonds is 6. The molecule has 1 rings (SSSR count). The number of nitrogens with two attached hydrogens (primary N) is 1. The molecule has 2 nitrogen and oxygen atoms in total. The first-order chi connectivity index (χ1) is 8.75. The minimum atomic E-state index is -4.20. The largest absolute Gasteiger partial charge is 0.373 e. The average Bonchev–Trinajstić information content (AvgIpc) is 2.32. The Morgan fingerprint density at radius 2 is 1.89 bits per heavy atom. The zero-order valence-corrected chi connectivity index (χ0v) is 11.1. The number of alkyl halides is 4. The normalized spacial score (nSPS) is 13.9. The van der Waals surface area contributed by atoms with Gasteiger partial charge in [-0.2, -0.15) is 8.78 Å². The Balaban J connectivity index is 2.57. The molecule has 0 spiro atoms. The zero-order chi connectivity index (χ0) is 14.6. The highest BCUT2D eigenvalue weighted by atomic mass is 35.5. The smallest absolute Gasteiger partial charge is 0.330 e. The standard InChI is InChI=1S/C11H11Cl2F4NO/c12-7-3-1-2-6(9(7)13)8(18)4-19-5-11(16,17)10(14)15/h1-3,8,10H,4-5,18H2. The monoisotopic (exact) mass is 319 g/mol. The predicted octanol–water partition coefficient (Wildman–Crippen LogP) is 3.91. The van der Waals surface area contributed by atoms with Crippen molar-refractivity contribution in [1.82, 2.24) is 0 Å². The third kappa shape index (κ3) is 4.49. The summed E-state index contributed by atoms with van der Waals surface area (Å²) < 4.78 is 53.4. The Morgan fingerprint density at radius 3 is 2.47 bits per heavy atom. The van der Waals surface area contributed by atoms with Gasteiger partial charge in [-0.3, -0.25) is 0 Å². The maximum Gasteiger partial charge on any atom is 0.330 e. The molecule has 0 aliphatic heterocycles. The maximum atomic E-state index is 12.6. The summed E-state index contributed by atoms with van der Waals surface area (Å²) in [4.78, 5) is 0. The van der Waals surface area contributed by atoms with Crippen molar-refractivity contribution in [2.45, 2.75) is 18.4 Å². The first-order valence-electron chi connectivity index (χ1n) is 5.19. The molecule has 0 bridgehead atoms. The van der Waals surface area contributed by atoms with Crippen LogP contribution < -0.4 is 5.73 Å². The quantitative estimate of drug-likeness (QED) is 0.807. The molecule has 0 heterocycles. The highest BCUT2D eigenvalue weighted by Crippen LogP contribution is 2.29. The highest BCUT2D eigenvalue weighted by molar-refractivity contribution is 6.42. The van der Waals surface area contributed by atoms with E-state index in [0.29, 0.717) is 5.56 Å². The average molecular weight is 320 g/mol. The fraction of sp³-hybridized carbons (Fsp3) is 0.455. The molecule has 0 aliphatic carbocycles. The molecule has 108 valence electrons. The van der Waals surface area contributed by atoms with Crippen molar-refractivity contribution in [3.05, 3.63) is 33.8 Å². The van der Waals surface area contributed by atoms with Crippen LogP contribution in [0.5, 0.6) is 0 Å². The van der Waals surface area contributed by atoms with Crippen LogP contribution in [0.4, 0.5) is 17.6 Å². The summed E-state index contributed by atoms with van der Waals surface area (Å²) in [5, 5.41) is 0.438. The minimum absolute atomic E-state index is 0.181. The van der Waals surface area contributed by atoms with E-state index in [9.17, 15) is 17.6 Å². The number of ether oxygens (including phenoxy) is 1. The second-order valence-corrected chi connectivity index (χ2v) is 4.61. The number of hydrogen-bond acceptors (Lipinski definition) is 2. The van der Waals surface area contributed by atoms with Crippen molar-refractivity contribution in [3.63, 3.8) is 0 Å². The van der Waals surface area contributed by atoms with Crippen LogP contribution >= 0.6 is 23.2 Å². The van der Waals surface area contributed by atoms with Crippen molar-refractivity contribution >= 4 is 23.2 Å². The molecule has 0 fully saturated rings. The van der Waals surface area contributed by atoms with E-state index in [1.54, 1.807) is 12.1 Å². The van der Waals surface area contributed by atoms with Crippen LogP contribution in [0.2, 0.25) is 10.0 Å². The zero-order valence-electron chi connectivity index (χ0n) is 9.55. The third-order valence-corrected chi connectivity index (χ3v) is 3.13. The van der Waals surface area contributed by atoms with E-state index in [0.717, 1.165) is 0 Å².